The molecule has 0 radical (unpaired) electrons. The predicted molar refractivity (Wildman–Crippen MR) is 79.6 cm³/mol. The van der Waals surface area contributed by atoms with Gasteiger partial charge in [0, 0.05) is 22.3 Å². The molecule has 0 aliphatic carbocycles. The van der Waals surface area contributed by atoms with Gasteiger partial charge in [-0.25, -0.2) is 4.79 Å². The van der Waals surface area contributed by atoms with Gasteiger partial charge >= 0.3 is 5.97 Å². The molecule has 2 aromatic rings. The molecule has 0 fully saturated rings. The Kier molecular flexibility index (Phi) is 3.91. The Bertz CT molecular complexity index is 708. The largest absolute Gasteiger partial charge is 0.477 e. The summed E-state index contributed by atoms with van der Waals surface area (Å²) in [4.78, 5) is 23.3. The zero-order valence-electron chi connectivity index (χ0n) is 10.4. The van der Waals surface area contributed by atoms with Crippen molar-refractivity contribution in [3.8, 4) is 0 Å². The van der Waals surface area contributed by atoms with Gasteiger partial charge in [0.25, 0.3) is 0 Å². The molecule has 19 heavy (non-hydrogen) atoms. The number of pyridine rings is 1. The van der Waals surface area contributed by atoms with Crippen molar-refractivity contribution >= 4 is 39.5 Å². The van der Waals surface area contributed by atoms with E-state index in [9.17, 15) is 9.59 Å². The molecule has 0 amide bonds. The number of methoxy groups -OCH3 is 1. The second-order valence-corrected chi connectivity index (χ2v) is 5.33. The van der Waals surface area contributed by atoms with Gasteiger partial charge in [-0.3, -0.25) is 4.79 Å². The molecule has 5 nitrogen and oxygen atoms in total. The second kappa shape index (κ2) is 5.30. The Morgan fingerprint density at radius 2 is 2.16 bits per heavy atom. The summed E-state index contributed by atoms with van der Waals surface area (Å²) in [7, 11) is 1.53. The number of carboxylic acids is 1. The Balaban J connectivity index is 2.92. The first-order chi connectivity index (χ1) is 8.95. The fourth-order valence-corrected chi connectivity index (χ4v) is 2.39. The number of halogens is 1. The van der Waals surface area contributed by atoms with E-state index in [4.69, 9.17) is 9.84 Å². The van der Waals surface area contributed by atoms with E-state index < -0.39 is 11.4 Å². The number of fused-ring (bicyclic) bond motifs is 1. The number of benzene rings is 1. The van der Waals surface area contributed by atoms with E-state index in [2.05, 4.69) is 22.6 Å². The van der Waals surface area contributed by atoms with E-state index in [1.165, 1.54) is 13.3 Å². The number of hydrogen-bond donors (Lipinski definition) is 1. The van der Waals surface area contributed by atoms with Gasteiger partial charge in [-0.2, -0.15) is 0 Å². The smallest absolute Gasteiger partial charge is 0.341 e. The molecule has 0 saturated carbocycles. The van der Waals surface area contributed by atoms with Crippen LogP contribution in [0.5, 0.6) is 0 Å². The molecule has 1 heterocycles. The highest BCUT2D eigenvalue weighted by molar-refractivity contribution is 14.1. The molecular formula is C13H12INO4. The van der Waals surface area contributed by atoms with Gasteiger partial charge in [-0.15, -0.1) is 0 Å². The van der Waals surface area contributed by atoms with Gasteiger partial charge in [0.1, 0.15) is 11.8 Å². The Labute approximate surface area is 122 Å². The standard InChI is InChI=1S/C13H12INO4/c1-7(19-2)15-6-10(13(17)18)12(16)9-5-8(14)3-4-11(9)15/h3-7H,1-2H3,(H,17,18). The number of ether oxygens (including phenoxy) is 1. The van der Waals surface area contributed by atoms with Crippen LogP contribution < -0.4 is 5.43 Å². The van der Waals surface area contributed by atoms with Crippen molar-refractivity contribution in [2.75, 3.05) is 7.11 Å². The minimum absolute atomic E-state index is 0.251. The number of aromatic nitrogens is 1. The lowest BCUT2D eigenvalue weighted by Crippen LogP contribution is -2.21. The van der Waals surface area contributed by atoms with Crippen molar-refractivity contribution in [2.45, 2.75) is 13.2 Å². The molecular weight excluding hydrogens is 361 g/mol. The maximum Gasteiger partial charge on any atom is 0.341 e. The van der Waals surface area contributed by atoms with Crippen LogP contribution in [-0.2, 0) is 4.74 Å². The quantitative estimate of drug-likeness (QED) is 0.840. The molecule has 6 heteroatoms. The topological polar surface area (TPSA) is 68.5 Å². The first-order valence-electron chi connectivity index (χ1n) is 5.56. The van der Waals surface area contributed by atoms with Crippen molar-refractivity contribution in [1.29, 1.82) is 0 Å². The molecule has 1 atom stereocenters. The molecule has 0 aliphatic rings. The normalized spacial score (nSPS) is 12.6. The first kappa shape index (κ1) is 14.0. The molecule has 100 valence electrons. The van der Waals surface area contributed by atoms with E-state index in [1.807, 2.05) is 6.07 Å². The van der Waals surface area contributed by atoms with Gasteiger partial charge in [0.05, 0.1) is 5.52 Å². The van der Waals surface area contributed by atoms with Crippen molar-refractivity contribution in [1.82, 2.24) is 4.57 Å². The van der Waals surface area contributed by atoms with Crippen molar-refractivity contribution in [2.24, 2.45) is 0 Å². The Morgan fingerprint density at radius 1 is 1.47 bits per heavy atom. The van der Waals surface area contributed by atoms with Crippen LogP contribution >= 0.6 is 22.6 Å². The minimum atomic E-state index is -1.23. The van der Waals surface area contributed by atoms with E-state index in [1.54, 1.807) is 23.6 Å². The molecule has 1 N–H and O–H groups in total. The van der Waals surface area contributed by atoms with E-state index >= 15 is 0 Å². The molecule has 0 aliphatic heterocycles. The zero-order valence-corrected chi connectivity index (χ0v) is 12.5. The van der Waals surface area contributed by atoms with Gasteiger partial charge in [-0.05, 0) is 47.7 Å². The summed E-state index contributed by atoms with van der Waals surface area (Å²) in [5.41, 5.74) is -0.0660. The maximum absolute atomic E-state index is 12.1. The van der Waals surface area contributed by atoms with Crippen molar-refractivity contribution in [3.63, 3.8) is 0 Å². The fraction of sp³-hybridized carbons (Fsp3) is 0.231. The van der Waals surface area contributed by atoms with E-state index in [0.717, 1.165) is 3.57 Å². The summed E-state index contributed by atoms with van der Waals surface area (Å²) < 4.78 is 7.74. The molecule has 0 bridgehead atoms. The van der Waals surface area contributed by atoms with Gasteiger partial charge < -0.3 is 14.4 Å². The molecule has 2 rings (SSSR count). The molecule has 1 aromatic heterocycles. The third kappa shape index (κ3) is 2.50. The van der Waals surface area contributed by atoms with E-state index in [-0.39, 0.29) is 11.8 Å². The summed E-state index contributed by atoms with van der Waals surface area (Å²) in [6.07, 6.45) is 0.967. The maximum atomic E-state index is 12.1. The molecule has 0 saturated heterocycles. The van der Waals surface area contributed by atoms with E-state index in [0.29, 0.717) is 10.9 Å². The Hall–Kier alpha value is -1.41. The average Bonchev–Trinajstić information content (AvgIpc) is 2.38. The number of carboxylic acid groups (broad SMARTS) is 1. The van der Waals surface area contributed by atoms with Crippen LogP contribution in [0.3, 0.4) is 0 Å². The van der Waals surface area contributed by atoms with Crippen molar-refractivity contribution < 1.29 is 14.6 Å². The lowest BCUT2D eigenvalue weighted by molar-refractivity contribution is 0.0620. The van der Waals surface area contributed by atoms with Crippen molar-refractivity contribution in [3.05, 3.63) is 43.8 Å². The lowest BCUT2D eigenvalue weighted by Gasteiger charge is -2.18. The summed E-state index contributed by atoms with van der Waals surface area (Å²) in [6.45, 7) is 1.79. The average molecular weight is 373 g/mol. The molecule has 0 spiro atoms. The predicted octanol–water partition coefficient (Wildman–Crippen LogP) is 2.47. The van der Waals surface area contributed by atoms with Crippen LogP contribution in [0.1, 0.15) is 23.5 Å². The van der Waals surface area contributed by atoms with Crippen LogP contribution in [-0.4, -0.2) is 22.8 Å². The second-order valence-electron chi connectivity index (χ2n) is 4.08. The zero-order chi connectivity index (χ0) is 14.2. The highest BCUT2D eigenvalue weighted by Crippen LogP contribution is 2.19. The molecule has 1 unspecified atom stereocenters. The number of aromatic carboxylic acids is 1. The third-order valence-electron chi connectivity index (χ3n) is 2.96. The Morgan fingerprint density at radius 3 is 2.74 bits per heavy atom. The summed E-state index contributed by atoms with van der Waals surface area (Å²) in [5.74, 6) is -1.23. The number of rotatable bonds is 3. The first-order valence-corrected chi connectivity index (χ1v) is 6.64. The summed E-state index contributed by atoms with van der Waals surface area (Å²) in [6, 6.07) is 5.34. The highest BCUT2D eigenvalue weighted by atomic mass is 127. The third-order valence-corrected chi connectivity index (χ3v) is 3.63. The van der Waals surface area contributed by atoms with Crippen LogP contribution in [0.2, 0.25) is 0 Å². The summed E-state index contributed by atoms with van der Waals surface area (Å²) >= 11 is 2.09. The van der Waals surface area contributed by atoms with Gasteiger partial charge in [-0.1, -0.05) is 0 Å². The van der Waals surface area contributed by atoms with Gasteiger partial charge in [0.15, 0.2) is 0 Å². The number of carbonyl (C=O) groups is 1. The monoisotopic (exact) mass is 373 g/mol. The van der Waals surface area contributed by atoms with Gasteiger partial charge in [0.2, 0.25) is 5.43 Å². The van der Waals surface area contributed by atoms with Crippen LogP contribution in [0.4, 0.5) is 0 Å². The molecule has 1 aromatic carbocycles. The summed E-state index contributed by atoms with van der Waals surface area (Å²) in [5, 5.41) is 9.50. The number of nitrogens with zero attached hydrogens (tertiary/aromatic N) is 1. The fourth-order valence-electron chi connectivity index (χ4n) is 1.89. The SMILES string of the molecule is COC(C)n1cc(C(=O)O)c(=O)c2cc(I)ccc21. The van der Waals surface area contributed by atoms with Crippen LogP contribution in [0.25, 0.3) is 10.9 Å². The lowest BCUT2D eigenvalue weighted by atomic mass is 10.1. The van der Waals surface area contributed by atoms with Crippen LogP contribution in [0, 0.1) is 3.57 Å². The number of hydrogen-bond acceptors (Lipinski definition) is 3. The minimum Gasteiger partial charge on any atom is -0.477 e. The van der Waals surface area contributed by atoms with Crippen LogP contribution in [0.15, 0.2) is 29.2 Å². The highest BCUT2D eigenvalue weighted by Gasteiger charge is 2.16.